The molecule has 1 aromatic heterocycles. The number of carbonyl (C=O) groups is 1. The smallest absolute Gasteiger partial charge is 0.271 e. The maximum Gasteiger partial charge on any atom is 0.271 e. The molecular weight excluding hydrogens is 266 g/mol. The second-order valence-electron chi connectivity index (χ2n) is 5.56. The third-order valence-electron chi connectivity index (χ3n) is 4.12. The first-order chi connectivity index (χ1) is 10.3. The molecule has 0 radical (unpaired) electrons. The highest BCUT2D eigenvalue weighted by Crippen LogP contribution is 2.34. The Balaban J connectivity index is 1.64. The Hall–Kier alpha value is -2.30. The summed E-state index contributed by atoms with van der Waals surface area (Å²) >= 11 is 0. The number of rotatable bonds is 1. The van der Waals surface area contributed by atoms with Crippen LogP contribution in [-0.2, 0) is 12.8 Å². The summed E-state index contributed by atoms with van der Waals surface area (Å²) < 4.78 is 6.04. The van der Waals surface area contributed by atoms with E-state index >= 15 is 0 Å². The normalized spacial score (nSPS) is 20.8. The lowest BCUT2D eigenvalue weighted by molar-refractivity contribution is 0.0951. The zero-order valence-corrected chi connectivity index (χ0v) is 11.7. The predicted molar refractivity (Wildman–Crippen MR) is 77.4 cm³/mol. The van der Waals surface area contributed by atoms with E-state index in [4.69, 9.17) is 4.74 Å². The molecule has 108 valence electrons. The maximum atomic E-state index is 12.0. The van der Waals surface area contributed by atoms with Gasteiger partial charge in [-0.2, -0.15) is 0 Å². The van der Waals surface area contributed by atoms with Crippen molar-refractivity contribution in [3.05, 3.63) is 47.0 Å². The van der Waals surface area contributed by atoms with Crippen LogP contribution >= 0.6 is 0 Å². The van der Waals surface area contributed by atoms with Gasteiger partial charge >= 0.3 is 0 Å². The molecule has 2 aliphatic heterocycles. The van der Waals surface area contributed by atoms with Crippen LogP contribution in [0.1, 0.15) is 46.5 Å². The van der Waals surface area contributed by atoms with Crippen LogP contribution in [0.3, 0.4) is 0 Å². The molecule has 0 aliphatic carbocycles. The van der Waals surface area contributed by atoms with Crippen molar-refractivity contribution in [3.8, 4) is 5.75 Å². The Morgan fingerprint density at radius 2 is 2.14 bits per heavy atom. The third-order valence-corrected chi connectivity index (χ3v) is 4.12. The molecule has 0 spiro atoms. The highest BCUT2D eigenvalue weighted by molar-refractivity contribution is 5.93. The topological polar surface area (TPSA) is 67.0 Å². The van der Waals surface area contributed by atoms with E-state index in [1.165, 1.54) is 5.56 Å². The number of ether oxygens (including phenoxy) is 1. The summed E-state index contributed by atoms with van der Waals surface area (Å²) in [4.78, 5) is 19.8. The molecular formula is C16H17N3O2. The van der Waals surface area contributed by atoms with Gasteiger partial charge in [-0.1, -0.05) is 18.2 Å². The van der Waals surface area contributed by atoms with E-state index in [1.54, 1.807) is 0 Å². The number of amides is 1. The zero-order valence-electron chi connectivity index (χ0n) is 11.7. The van der Waals surface area contributed by atoms with Crippen LogP contribution in [0.5, 0.6) is 5.75 Å². The van der Waals surface area contributed by atoms with Gasteiger partial charge in [0.2, 0.25) is 0 Å². The first kappa shape index (κ1) is 12.4. The van der Waals surface area contributed by atoms with Gasteiger partial charge in [-0.15, -0.1) is 0 Å². The number of aromatic amines is 1. The van der Waals surface area contributed by atoms with Gasteiger partial charge in [-0.3, -0.25) is 4.79 Å². The molecule has 1 aromatic carbocycles. The summed E-state index contributed by atoms with van der Waals surface area (Å²) in [7, 11) is 0. The number of H-pyrrole nitrogens is 1. The van der Waals surface area contributed by atoms with Crippen LogP contribution in [-0.4, -0.2) is 22.4 Å². The number of hydrogen-bond donors (Lipinski definition) is 2. The minimum atomic E-state index is -0.0976. The molecule has 0 fully saturated rings. The monoisotopic (exact) mass is 283 g/mol. The summed E-state index contributed by atoms with van der Waals surface area (Å²) in [6, 6.07) is 8.09. The SMILES string of the molecule is O=C1NCCCc2[nH]c([C@H]3CCc4ccccc4O3)nc21. The molecule has 5 heteroatoms. The van der Waals surface area contributed by atoms with E-state index in [9.17, 15) is 4.79 Å². The van der Waals surface area contributed by atoms with Gasteiger partial charge in [0.25, 0.3) is 5.91 Å². The first-order valence-corrected chi connectivity index (χ1v) is 7.43. The molecule has 0 bridgehead atoms. The number of aryl methyl sites for hydroxylation is 2. The summed E-state index contributed by atoms with van der Waals surface area (Å²) in [5, 5.41) is 2.87. The second-order valence-corrected chi connectivity index (χ2v) is 5.56. The van der Waals surface area contributed by atoms with E-state index in [1.807, 2.05) is 18.2 Å². The van der Waals surface area contributed by atoms with Crippen molar-refractivity contribution in [3.63, 3.8) is 0 Å². The number of nitrogens with zero attached hydrogens (tertiary/aromatic N) is 1. The second kappa shape index (κ2) is 4.91. The number of aromatic nitrogens is 2. The molecule has 1 amide bonds. The number of benzene rings is 1. The van der Waals surface area contributed by atoms with Crippen LogP contribution in [0.25, 0.3) is 0 Å². The van der Waals surface area contributed by atoms with Crippen molar-refractivity contribution in [1.82, 2.24) is 15.3 Å². The number of para-hydroxylation sites is 1. The number of hydrogen-bond acceptors (Lipinski definition) is 3. The van der Waals surface area contributed by atoms with Gasteiger partial charge < -0.3 is 15.0 Å². The van der Waals surface area contributed by atoms with Crippen molar-refractivity contribution in [2.24, 2.45) is 0 Å². The van der Waals surface area contributed by atoms with E-state index in [0.29, 0.717) is 12.2 Å². The van der Waals surface area contributed by atoms with Gasteiger partial charge in [-0.25, -0.2) is 4.98 Å². The maximum absolute atomic E-state index is 12.0. The van der Waals surface area contributed by atoms with Crippen molar-refractivity contribution in [1.29, 1.82) is 0 Å². The Bertz CT molecular complexity index is 693. The summed E-state index contributed by atoms with van der Waals surface area (Å²) in [5.74, 6) is 1.61. The molecule has 21 heavy (non-hydrogen) atoms. The van der Waals surface area contributed by atoms with Crippen LogP contribution in [0.2, 0.25) is 0 Å². The molecule has 0 unspecified atom stereocenters. The molecule has 5 nitrogen and oxygen atoms in total. The number of fused-ring (bicyclic) bond motifs is 2. The minimum Gasteiger partial charge on any atom is -0.482 e. The van der Waals surface area contributed by atoms with Gasteiger partial charge in [0.15, 0.2) is 6.10 Å². The molecule has 0 saturated heterocycles. The van der Waals surface area contributed by atoms with Crippen molar-refractivity contribution < 1.29 is 9.53 Å². The first-order valence-electron chi connectivity index (χ1n) is 7.43. The van der Waals surface area contributed by atoms with Crippen LogP contribution < -0.4 is 10.1 Å². The number of imidazole rings is 1. The standard InChI is InChI=1S/C16H17N3O2/c20-16-14-11(5-3-9-17-16)18-15(19-14)13-8-7-10-4-1-2-6-12(10)21-13/h1-2,4,6,13H,3,5,7-9H2,(H,17,20)(H,18,19)/t13-/m1/s1. The van der Waals surface area contributed by atoms with Gasteiger partial charge in [0.1, 0.15) is 17.3 Å². The van der Waals surface area contributed by atoms with Gasteiger partial charge in [0, 0.05) is 12.2 Å². The lowest BCUT2D eigenvalue weighted by Crippen LogP contribution is -2.23. The fourth-order valence-electron chi connectivity index (χ4n) is 3.02. The molecule has 2 aromatic rings. The average Bonchev–Trinajstić information content (AvgIpc) is 2.88. The van der Waals surface area contributed by atoms with E-state index in [2.05, 4.69) is 21.4 Å². The van der Waals surface area contributed by atoms with E-state index in [-0.39, 0.29) is 12.0 Å². The van der Waals surface area contributed by atoms with Crippen molar-refractivity contribution in [2.45, 2.75) is 31.8 Å². The van der Waals surface area contributed by atoms with E-state index < -0.39 is 0 Å². The van der Waals surface area contributed by atoms with Crippen molar-refractivity contribution >= 4 is 5.91 Å². The Kier molecular flexibility index (Phi) is 2.91. The Morgan fingerprint density at radius 1 is 1.24 bits per heavy atom. The highest BCUT2D eigenvalue weighted by Gasteiger charge is 2.27. The van der Waals surface area contributed by atoms with Crippen LogP contribution in [0, 0.1) is 0 Å². The van der Waals surface area contributed by atoms with Gasteiger partial charge in [-0.05, 0) is 37.3 Å². The fourth-order valence-corrected chi connectivity index (χ4v) is 3.02. The average molecular weight is 283 g/mol. The largest absolute Gasteiger partial charge is 0.482 e. The Labute approximate surface area is 122 Å². The van der Waals surface area contributed by atoms with Crippen LogP contribution in [0.15, 0.2) is 24.3 Å². The van der Waals surface area contributed by atoms with E-state index in [0.717, 1.165) is 43.0 Å². The Morgan fingerprint density at radius 3 is 3.10 bits per heavy atom. The predicted octanol–water partition coefficient (Wildman–Crippen LogP) is 2.15. The lowest BCUT2D eigenvalue weighted by Gasteiger charge is -2.24. The molecule has 4 rings (SSSR count). The molecule has 2 aliphatic rings. The van der Waals surface area contributed by atoms with Gasteiger partial charge in [0.05, 0.1) is 0 Å². The minimum absolute atomic E-state index is 0.0822. The summed E-state index contributed by atoms with van der Waals surface area (Å²) in [5.41, 5.74) is 2.70. The zero-order chi connectivity index (χ0) is 14.2. The summed E-state index contributed by atoms with van der Waals surface area (Å²) in [6.07, 6.45) is 3.54. The fraction of sp³-hybridized carbons (Fsp3) is 0.375. The highest BCUT2D eigenvalue weighted by atomic mass is 16.5. The van der Waals surface area contributed by atoms with Crippen LogP contribution in [0.4, 0.5) is 0 Å². The molecule has 3 heterocycles. The quantitative estimate of drug-likeness (QED) is 0.842. The number of carbonyl (C=O) groups excluding carboxylic acids is 1. The third kappa shape index (κ3) is 2.18. The lowest BCUT2D eigenvalue weighted by atomic mass is 10.0. The number of nitrogens with one attached hydrogen (secondary N) is 2. The van der Waals surface area contributed by atoms with Crippen molar-refractivity contribution in [2.75, 3.05) is 6.54 Å². The summed E-state index contributed by atoms with van der Waals surface area (Å²) in [6.45, 7) is 0.714. The molecule has 0 saturated carbocycles. The molecule has 1 atom stereocenters. The molecule has 2 N–H and O–H groups in total.